The first-order valence-corrected chi connectivity index (χ1v) is 4.20. The van der Waals surface area contributed by atoms with E-state index in [2.05, 4.69) is 11.9 Å². The molecule has 76 valence electrons. The van der Waals surface area contributed by atoms with E-state index in [1.54, 1.807) is 0 Å². The highest BCUT2D eigenvalue weighted by Gasteiger charge is 2.25. The number of nitrogens with zero attached hydrogens (tertiary/aromatic N) is 1. The van der Waals surface area contributed by atoms with Gasteiger partial charge in [0.25, 0.3) is 0 Å². The normalized spacial score (nSPS) is 18.8. The van der Waals surface area contributed by atoms with E-state index >= 15 is 0 Å². The van der Waals surface area contributed by atoms with Crippen LogP contribution in [0, 0.1) is 0 Å². The van der Waals surface area contributed by atoms with Crippen molar-refractivity contribution in [2.75, 3.05) is 6.54 Å². The topological polar surface area (TPSA) is 69.6 Å². The zero-order chi connectivity index (χ0) is 10.7. The van der Waals surface area contributed by atoms with Crippen molar-refractivity contribution in [2.24, 2.45) is 0 Å². The predicted molar refractivity (Wildman–Crippen MR) is 50.4 cm³/mol. The van der Waals surface area contributed by atoms with Crippen LogP contribution >= 0.6 is 0 Å². The zero-order valence-corrected chi connectivity index (χ0v) is 7.91. The van der Waals surface area contributed by atoms with Gasteiger partial charge in [-0.2, -0.15) is 0 Å². The number of nitrogens with one attached hydrogen (secondary N) is 1. The van der Waals surface area contributed by atoms with E-state index in [0.29, 0.717) is 5.70 Å². The van der Waals surface area contributed by atoms with Gasteiger partial charge in [-0.3, -0.25) is 15.0 Å². The van der Waals surface area contributed by atoms with E-state index in [9.17, 15) is 14.7 Å². The number of allylic oxidation sites excluding steroid dienone is 2. The summed E-state index contributed by atoms with van der Waals surface area (Å²) in [6.07, 6.45) is 1.61. The number of carbonyl (C=O) groups is 2. The molecule has 1 aliphatic heterocycles. The molecule has 0 unspecified atom stereocenters. The standard InChI is InChI=1S/C9H12N2O3/c1-3-7(6(2)12)11-5-4-8(13)10-9(11)14/h3,12H,1,4-5H2,2H3,(H,10,13,14)/b7-6-. The van der Waals surface area contributed by atoms with Crippen LogP contribution in [0.15, 0.2) is 24.1 Å². The van der Waals surface area contributed by atoms with Gasteiger partial charge < -0.3 is 5.11 Å². The number of aliphatic hydroxyl groups is 1. The summed E-state index contributed by atoms with van der Waals surface area (Å²) in [5.41, 5.74) is 0.329. The Kier molecular flexibility index (Phi) is 2.91. The monoisotopic (exact) mass is 196 g/mol. The van der Waals surface area contributed by atoms with Crippen molar-refractivity contribution in [3.05, 3.63) is 24.1 Å². The van der Waals surface area contributed by atoms with E-state index in [1.807, 2.05) is 0 Å². The summed E-state index contributed by atoms with van der Waals surface area (Å²) in [6.45, 7) is 5.21. The molecule has 1 fully saturated rings. The van der Waals surface area contributed by atoms with Crippen LogP contribution < -0.4 is 5.32 Å². The summed E-state index contributed by atoms with van der Waals surface area (Å²) < 4.78 is 0. The van der Waals surface area contributed by atoms with E-state index in [-0.39, 0.29) is 24.6 Å². The molecule has 0 bridgehead atoms. The van der Waals surface area contributed by atoms with Gasteiger partial charge >= 0.3 is 6.03 Å². The maximum atomic E-state index is 11.3. The van der Waals surface area contributed by atoms with Crippen LogP contribution in [0.3, 0.4) is 0 Å². The third-order valence-electron chi connectivity index (χ3n) is 1.91. The molecule has 0 aliphatic carbocycles. The molecule has 3 amide bonds. The molecule has 0 aromatic heterocycles. The molecule has 1 rings (SSSR count). The van der Waals surface area contributed by atoms with Crippen LogP contribution in [0.4, 0.5) is 4.79 Å². The van der Waals surface area contributed by atoms with Crippen LogP contribution in [-0.4, -0.2) is 28.5 Å². The average Bonchev–Trinajstić information content (AvgIpc) is 2.09. The lowest BCUT2D eigenvalue weighted by molar-refractivity contribution is -0.121. The molecule has 1 aliphatic rings. The fourth-order valence-corrected chi connectivity index (χ4v) is 1.25. The molecule has 0 radical (unpaired) electrons. The molecule has 0 spiro atoms. The van der Waals surface area contributed by atoms with Gasteiger partial charge in [0.15, 0.2) is 0 Å². The Morgan fingerprint density at radius 3 is 2.71 bits per heavy atom. The van der Waals surface area contributed by atoms with Crippen LogP contribution in [0.5, 0.6) is 0 Å². The molecular weight excluding hydrogens is 184 g/mol. The fraction of sp³-hybridized carbons (Fsp3) is 0.333. The van der Waals surface area contributed by atoms with Crippen molar-refractivity contribution in [3.63, 3.8) is 0 Å². The Morgan fingerprint density at radius 1 is 1.64 bits per heavy atom. The van der Waals surface area contributed by atoms with Gasteiger partial charge in [0.05, 0.1) is 5.70 Å². The lowest BCUT2D eigenvalue weighted by Crippen LogP contribution is -2.48. The smallest absolute Gasteiger partial charge is 0.328 e. The summed E-state index contributed by atoms with van der Waals surface area (Å²) in [6, 6.07) is -0.524. The highest BCUT2D eigenvalue weighted by atomic mass is 16.3. The molecule has 14 heavy (non-hydrogen) atoms. The van der Waals surface area contributed by atoms with Gasteiger partial charge in [0.2, 0.25) is 5.91 Å². The third kappa shape index (κ3) is 1.93. The first-order valence-electron chi connectivity index (χ1n) is 4.20. The molecule has 5 nitrogen and oxygen atoms in total. The summed E-state index contributed by atoms with van der Waals surface area (Å²) in [7, 11) is 0. The van der Waals surface area contributed by atoms with E-state index < -0.39 is 6.03 Å². The molecule has 0 aromatic carbocycles. The van der Waals surface area contributed by atoms with Crippen molar-refractivity contribution in [2.45, 2.75) is 13.3 Å². The van der Waals surface area contributed by atoms with Crippen LogP contribution in [-0.2, 0) is 4.79 Å². The molecule has 1 heterocycles. The maximum absolute atomic E-state index is 11.3. The Morgan fingerprint density at radius 2 is 2.29 bits per heavy atom. The molecule has 2 N–H and O–H groups in total. The van der Waals surface area contributed by atoms with Crippen LogP contribution in [0.25, 0.3) is 0 Å². The van der Waals surface area contributed by atoms with Gasteiger partial charge in [0.1, 0.15) is 5.76 Å². The summed E-state index contributed by atoms with van der Waals surface area (Å²) in [4.78, 5) is 23.4. The minimum atomic E-state index is -0.524. The van der Waals surface area contributed by atoms with E-state index in [4.69, 9.17) is 0 Å². The second-order valence-corrected chi connectivity index (χ2v) is 2.93. The van der Waals surface area contributed by atoms with E-state index in [1.165, 1.54) is 17.9 Å². The minimum absolute atomic E-state index is 0.00417. The summed E-state index contributed by atoms with van der Waals surface area (Å²) >= 11 is 0. The number of hydrogen-bond donors (Lipinski definition) is 2. The summed E-state index contributed by atoms with van der Waals surface area (Å²) in [5.74, 6) is -0.297. The van der Waals surface area contributed by atoms with E-state index in [0.717, 1.165) is 0 Å². The quantitative estimate of drug-likeness (QED) is 0.509. The SMILES string of the molecule is C=C/C(=C(\C)O)N1CCC(=O)NC1=O. The van der Waals surface area contributed by atoms with Crippen molar-refractivity contribution in [1.82, 2.24) is 10.2 Å². The van der Waals surface area contributed by atoms with Crippen molar-refractivity contribution < 1.29 is 14.7 Å². The Balaban J connectivity index is 2.88. The van der Waals surface area contributed by atoms with Gasteiger partial charge in [0, 0.05) is 13.0 Å². The Hall–Kier alpha value is -1.78. The number of imide groups is 1. The third-order valence-corrected chi connectivity index (χ3v) is 1.91. The van der Waals surface area contributed by atoms with Gasteiger partial charge in [-0.05, 0) is 13.0 Å². The van der Waals surface area contributed by atoms with Crippen LogP contribution in [0.2, 0.25) is 0 Å². The highest BCUT2D eigenvalue weighted by Crippen LogP contribution is 2.13. The number of hydrogen-bond acceptors (Lipinski definition) is 3. The first-order chi connectivity index (χ1) is 6.56. The lowest BCUT2D eigenvalue weighted by atomic mass is 10.2. The molecular formula is C9H12N2O3. The number of aliphatic hydroxyl groups excluding tert-OH is 1. The summed E-state index contributed by atoms with van der Waals surface area (Å²) in [5, 5.41) is 11.4. The highest BCUT2D eigenvalue weighted by molar-refractivity contribution is 5.97. The number of urea groups is 1. The Labute approximate surface area is 81.7 Å². The molecule has 1 saturated heterocycles. The second kappa shape index (κ2) is 3.95. The fourth-order valence-electron chi connectivity index (χ4n) is 1.25. The van der Waals surface area contributed by atoms with Crippen molar-refractivity contribution >= 4 is 11.9 Å². The predicted octanol–water partition coefficient (Wildman–Crippen LogP) is 0.904. The lowest BCUT2D eigenvalue weighted by Gasteiger charge is -2.27. The van der Waals surface area contributed by atoms with Crippen molar-refractivity contribution in [1.29, 1.82) is 0 Å². The molecule has 0 saturated carbocycles. The maximum Gasteiger partial charge on any atom is 0.328 e. The largest absolute Gasteiger partial charge is 0.510 e. The molecule has 5 heteroatoms. The molecule has 0 aromatic rings. The first kappa shape index (κ1) is 10.3. The number of carbonyl (C=O) groups excluding carboxylic acids is 2. The van der Waals surface area contributed by atoms with Gasteiger partial charge in [-0.1, -0.05) is 6.58 Å². The van der Waals surface area contributed by atoms with Gasteiger partial charge in [-0.15, -0.1) is 0 Å². The minimum Gasteiger partial charge on any atom is -0.510 e. The molecule has 0 atom stereocenters. The number of rotatable bonds is 2. The number of amides is 3. The average molecular weight is 196 g/mol. The Bertz CT molecular complexity index is 316. The second-order valence-electron chi connectivity index (χ2n) is 2.93. The van der Waals surface area contributed by atoms with Gasteiger partial charge in [-0.25, -0.2) is 4.79 Å². The van der Waals surface area contributed by atoms with Crippen molar-refractivity contribution in [3.8, 4) is 0 Å². The van der Waals surface area contributed by atoms with Crippen LogP contribution in [0.1, 0.15) is 13.3 Å². The zero-order valence-electron chi connectivity index (χ0n) is 7.91.